The summed E-state index contributed by atoms with van der Waals surface area (Å²) in [6, 6.07) is 0.851. The monoisotopic (exact) mass is 306 g/mol. The average Bonchev–Trinajstić information content (AvgIpc) is 2.81. The van der Waals surface area contributed by atoms with Gasteiger partial charge in [0, 0.05) is 0 Å². The first-order valence-corrected chi connectivity index (χ1v) is 7.69. The van der Waals surface area contributed by atoms with Crippen molar-refractivity contribution in [1.29, 1.82) is 0 Å². The molecular formula is C10H14N2O5S2. The first-order chi connectivity index (χ1) is 8.74. The van der Waals surface area contributed by atoms with E-state index in [1.165, 1.54) is 19.9 Å². The zero-order chi connectivity index (χ0) is 14.6. The number of carboxylic acids is 1. The number of hydrogen-bond acceptors (Lipinski definition) is 5. The molecule has 0 fully saturated rings. The topological polar surface area (TPSA) is 113 Å². The van der Waals surface area contributed by atoms with E-state index in [9.17, 15) is 18.0 Å². The standard InChI is InChI=1S/C10H14N2O5S2/c1-6(9(13)11-7(2)10(14)15)12-19(16,17)8-4-3-5-18-8/h3-7,12H,1-2H3,(H,11,13)(H,14,15)/t6?,7-/m1/s1. The van der Waals surface area contributed by atoms with Crippen molar-refractivity contribution in [3.05, 3.63) is 17.5 Å². The van der Waals surface area contributed by atoms with Crippen molar-refractivity contribution in [3.8, 4) is 0 Å². The summed E-state index contributed by atoms with van der Waals surface area (Å²) in [5.74, 6) is -1.89. The molecule has 3 N–H and O–H groups in total. The van der Waals surface area contributed by atoms with Gasteiger partial charge in [-0.3, -0.25) is 9.59 Å². The molecule has 1 heterocycles. The Morgan fingerprint density at radius 2 is 1.95 bits per heavy atom. The number of carbonyl (C=O) groups is 2. The summed E-state index contributed by atoms with van der Waals surface area (Å²) in [5.41, 5.74) is 0. The number of amides is 1. The third kappa shape index (κ3) is 4.30. The molecule has 0 aliphatic carbocycles. The smallest absolute Gasteiger partial charge is 0.325 e. The maximum Gasteiger partial charge on any atom is 0.325 e. The van der Waals surface area contributed by atoms with E-state index in [2.05, 4.69) is 10.0 Å². The van der Waals surface area contributed by atoms with Gasteiger partial charge in [-0.15, -0.1) is 11.3 Å². The Hall–Kier alpha value is -1.45. The quantitative estimate of drug-likeness (QED) is 0.685. The summed E-state index contributed by atoms with van der Waals surface area (Å²) in [7, 11) is -3.76. The minimum Gasteiger partial charge on any atom is -0.480 e. The number of carboxylic acid groups (broad SMARTS) is 1. The summed E-state index contributed by atoms with van der Waals surface area (Å²) in [5, 5.41) is 12.4. The van der Waals surface area contributed by atoms with Crippen molar-refractivity contribution < 1.29 is 23.1 Å². The minimum atomic E-state index is -3.76. The molecular weight excluding hydrogens is 292 g/mol. The number of rotatable bonds is 6. The molecule has 2 atom stereocenters. The predicted octanol–water partition coefficient (Wildman–Crippen LogP) is 0.00420. The molecule has 0 bridgehead atoms. The van der Waals surface area contributed by atoms with Gasteiger partial charge in [0.25, 0.3) is 10.0 Å². The second kappa shape index (κ2) is 6.13. The Bertz CT molecular complexity index is 552. The van der Waals surface area contributed by atoms with Gasteiger partial charge < -0.3 is 10.4 Å². The van der Waals surface area contributed by atoms with Crippen molar-refractivity contribution in [2.45, 2.75) is 30.1 Å². The summed E-state index contributed by atoms with van der Waals surface area (Å²) >= 11 is 1.03. The zero-order valence-electron chi connectivity index (χ0n) is 10.3. The third-order valence-electron chi connectivity index (χ3n) is 2.21. The van der Waals surface area contributed by atoms with E-state index in [4.69, 9.17) is 5.11 Å². The largest absolute Gasteiger partial charge is 0.480 e. The van der Waals surface area contributed by atoms with Gasteiger partial charge in [0.1, 0.15) is 10.3 Å². The molecule has 1 unspecified atom stereocenters. The second-order valence-corrected chi connectivity index (χ2v) is 6.73. The molecule has 19 heavy (non-hydrogen) atoms. The number of aliphatic carboxylic acids is 1. The molecule has 1 rings (SSSR count). The van der Waals surface area contributed by atoms with Crippen LogP contribution in [0.3, 0.4) is 0 Å². The van der Waals surface area contributed by atoms with Gasteiger partial charge >= 0.3 is 5.97 Å². The van der Waals surface area contributed by atoms with Gasteiger partial charge in [0.15, 0.2) is 0 Å². The Morgan fingerprint density at radius 1 is 1.32 bits per heavy atom. The number of hydrogen-bond donors (Lipinski definition) is 3. The lowest BCUT2D eigenvalue weighted by Gasteiger charge is -2.15. The molecule has 1 aromatic rings. The zero-order valence-corrected chi connectivity index (χ0v) is 11.9. The van der Waals surface area contributed by atoms with E-state index in [1.54, 1.807) is 11.4 Å². The van der Waals surface area contributed by atoms with Crippen LogP contribution in [0.2, 0.25) is 0 Å². The molecule has 0 aliphatic heterocycles. The van der Waals surface area contributed by atoms with E-state index in [0.717, 1.165) is 11.3 Å². The minimum absolute atomic E-state index is 0.0958. The molecule has 1 aromatic heterocycles. The summed E-state index contributed by atoms with van der Waals surface area (Å²) in [4.78, 5) is 22.2. The van der Waals surface area contributed by atoms with Gasteiger partial charge in [0.05, 0.1) is 6.04 Å². The normalized spacial score (nSPS) is 14.6. The molecule has 1 amide bonds. The van der Waals surface area contributed by atoms with E-state index in [0.29, 0.717) is 0 Å². The van der Waals surface area contributed by atoms with E-state index in [-0.39, 0.29) is 4.21 Å². The fraction of sp³-hybridized carbons (Fsp3) is 0.400. The lowest BCUT2D eigenvalue weighted by Crippen LogP contribution is -2.49. The number of nitrogens with one attached hydrogen (secondary N) is 2. The van der Waals surface area contributed by atoms with Gasteiger partial charge in [0.2, 0.25) is 5.91 Å². The van der Waals surface area contributed by atoms with Crippen LogP contribution in [0.5, 0.6) is 0 Å². The first kappa shape index (κ1) is 15.6. The van der Waals surface area contributed by atoms with Crippen LogP contribution < -0.4 is 10.0 Å². The van der Waals surface area contributed by atoms with Crippen molar-refractivity contribution in [1.82, 2.24) is 10.0 Å². The van der Waals surface area contributed by atoms with Crippen LogP contribution in [-0.4, -0.2) is 37.5 Å². The Kier molecular flexibility index (Phi) is 5.04. The highest BCUT2D eigenvalue weighted by molar-refractivity contribution is 7.91. The molecule has 9 heteroatoms. The van der Waals surface area contributed by atoms with E-state index >= 15 is 0 Å². The lowest BCUT2D eigenvalue weighted by atomic mass is 10.3. The van der Waals surface area contributed by atoms with Gasteiger partial charge in [-0.25, -0.2) is 8.42 Å². The highest BCUT2D eigenvalue weighted by Crippen LogP contribution is 2.15. The SMILES string of the molecule is CC(NS(=O)(=O)c1cccs1)C(=O)N[C@H](C)C(=O)O. The van der Waals surface area contributed by atoms with Crippen LogP contribution in [0.4, 0.5) is 0 Å². The maximum atomic E-state index is 11.8. The third-order valence-corrected chi connectivity index (χ3v) is 5.15. The number of thiophene rings is 1. The second-order valence-electron chi connectivity index (χ2n) is 3.84. The predicted molar refractivity (Wildman–Crippen MR) is 69.3 cm³/mol. The molecule has 0 aliphatic rings. The van der Waals surface area contributed by atoms with Crippen LogP contribution in [0, 0.1) is 0 Å². The van der Waals surface area contributed by atoms with Crippen molar-refractivity contribution in [2.24, 2.45) is 0 Å². The fourth-order valence-corrected chi connectivity index (χ4v) is 3.37. The first-order valence-electron chi connectivity index (χ1n) is 5.33. The van der Waals surface area contributed by atoms with E-state index < -0.39 is 34.0 Å². The molecule has 0 saturated heterocycles. The molecule has 7 nitrogen and oxygen atoms in total. The van der Waals surface area contributed by atoms with Gasteiger partial charge in [-0.2, -0.15) is 4.72 Å². The van der Waals surface area contributed by atoms with Crippen LogP contribution >= 0.6 is 11.3 Å². The van der Waals surface area contributed by atoms with Crippen LogP contribution in [0.15, 0.2) is 21.7 Å². The summed E-state index contributed by atoms with van der Waals surface area (Å²) in [6.07, 6.45) is 0. The van der Waals surface area contributed by atoms with Crippen molar-refractivity contribution in [2.75, 3.05) is 0 Å². The molecule has 0 saturated carbocycles. The maximum absolute atomic E-state index is 11.8. The van der Waals surface area contributed by atoms with Gasteiger partial charge in [-0.1, -0.05) is 6.07 Å². The number of sulfonamides is 1. The molecule has 0 aromatic carbocycles. The Labute approximate surface area is 114 Å². The van der Waals surface area contributed by atoms with Crippen LogP contribution in [0.25, 0.3) is 0 Å². The summed E-state index contributed by atoms with van der Waals surface area (Å²) < 4.78 is 25.9. The Balaban J connectivity index is 2.67. The number of carbonyl (C=O) groups excluding carboxylic acids is 1. The van der Waals surface area contributed by atoms with Crippen LogP contribution in [-0.2, 0) is 19.6 Å². The molecule has 0 spiro atoms. The lowest BCUT2D eigenvalue weighted by molar-refractivity contribution is -0.141. The average molecular weight is 306 g/mol. The summed E-state index contributed by atoms with van der Waals surface area (Å²) in [6.45, 7) is 2.63. The Morgan fingerprint density at radius 3 is 2.42 bits per heavy atom. The highest BCUT2D eigenvalue weighted by atomic mass is 32.2. The molecule has 0 radical (unpaired) electrons. The van der Waals surface area contributed by atoms with Crippen LogP contribution in [0.1, 0.15) is 13.8 Å². The fourth-order valence-electron chi connectivity index (χ4n) is 1.16. The molecule has 106 valence electrons. The highest BCUT2D eigenvalue weighted by Gasteiger charge is 2.24. The van der Waals surface area contributed by atoms with Crippen molar-refractivity contribution in [3.63, 3.8) is 0 Å². The van der Waals surface area contributed by atoms with E-state index in [1.807, 2.05) is 0 Å². The van der Waals surface area contributed by atoms with Gasteiger partial charge in [-0.05, 0) is 25.3 Å². The van der Waals surface area contributed by atoms with Crippen molar-refractivity contribution >= 4 is 33.2 Å².